The highest BCUT2D eigenvalue weighted by atomic mass is 19.3. The Morgan fingerprint density at radius 3 is 2.63 bits per heavy atom. The fourth-order valence-electron chi connectivity index (χ4n) is 1.95. The molecule has 0 spiro atoms. The molecule has 2 aromatic rings. The molecule has 0 fully saturated rings. The number of hydrogen-bond donors (Lipinski definition) is 0. The third-order valence-corrected chi connectivity index (χ3v) is 2.66. The minimum absolute atomic E-state index is 0.442. The Balaban J connectivity index is 2.59. The summed E-state index contributed by atoms with van der Waals surface area (Å²) in [6.07, 6.45) is -2.68. The first kappa shape index (κ1) is 13.4. The van der Waals surface area contributed by atoms with Gasteiger partial charge in [-0.25, -0.2) is 18.7 Å². The number of likely N-dealkylation sites (N-methyl/N-ethyl adjacent to an activating group) is 1. The number of para-hydroxylation sites is 1. The average Bonchev–Trinajstić information content (AvgIpc) is 2.36. The number of fused-ring (bicyclic) bond motifs is 1. The fraction of sp³-hybridized carbons (Fsp3) is 0.286. The minimum Gasteiger partial charge on any atom is -0.355 e. The SMILES string of the molecule is C=C(C)CN(C)c1nc(C(F)F)nc2ccccc12. The lowest BCUT2D eigenvalue weighted by Crippen LogP contribution is -2.21. The zero-order valence-corrected chi connectivity index (χ0v) is 10.9. The van der Waals surface area contributed by atoms with Crippen molar-refractivity contribution in [2.45, 2.75) is 13.3 Å². The number of benzene rings is 1. The van der Waals surface area contributed by atoms with Crippen molar-refractivity contribution >= 4 is 16.7 Å². The predicted molar refractivity (Wildman–Crippen MR) is 72.6 cm³/mol. The molecule has 0 N–H and O–H groups in total. The number of nitrogens with zero attached hydrogens (tertiary/aromatic N) is 3. The van der Waals surface area contributed by atoms with Crippen molar-refractivity contribution in [2.75, 3.05) is 18.5 Å². The lowest BCUT2D eigenvalue weighted by atomic mass is 10.2. The van der Waals surface area contributed by atoms with Crippen molar-refractivity contribution in [3.05, 3.63) is 42.2 Å². The Morgan fingerprint density at radius 1 is 1.32 bits per heavy atom. The molecule has 3 nitrogen and oxygen atoms in total. The van der Waals surface area contributed by atoms with Crippen LogP contribution in [0.2, 0.25) is 0 Å². The highest BCUT2D eigenvalue weighted by molar-refractivity contribution is 5.89. The number of halogens is 2. The molecular formula is C14H15F2N3. The Kier molecular flexibility index (Phi) is 3.74. The van der Waals surface area contributed by atoms with Crippen LogP contribution in [0.5, 0.6) is 0 Å². The van der Waals surface area contributed by atoms with Gasteiger partial charge in [-0.2, -0.15) is 0 Å². The smallest absolute Gasteiger partial charge is 0.297 e. The lowest BCUT2D eigenvalue weighted by Gasteiger charge is -2.20. The first-order valence-electron chi connectivity index (χ1n) is 5.89. The molecule has 0 amide bonds. The van der Waals surface area contributed by atoms with Gasteiger partial charge in [0.25, 0.3) is 6.43 Å². The van der Waals surface area contributed by atoms with Gasteiger partial charge in [0.1, 0.15) is 5.82 Å². The van der Waals surface area contributed by atoms with Crippen molar-refractivity contribution < 1.29 is 8.78 Å². The third kappa shape index (κ3) is 2.86. The van der Waals surface area contributed by atoms with Gasteiger partial charge in [0.15, 0.2) is 5.82 Å². The van der Waals surface area contributed by atoms with Gasteiger partial charge in [-0.15, -0.1) is 0 Å². The number of hydrogen-bond acceptors (Lipinski definition) is 3. The monoisotopic (exact) mass is 263 g/mol. The Morgan fingerprint density at radius 2 is 2.00 bits per heavy atom. The van der Waals surface area contributed by atoms with E-state index in [-0.39, 0.29) is 0 Å². The molecule has 0 aliphatic carbocycles. The van der Waals surface area contributed by atoms with Gasteiger partial charge in [0.2, 0.25) is 0 Å². The molecule has 19 heavy (non-hydrogen) atoms. The molecule has 0 unspecified atom stereocenters. The van der Waals surface area contributed by atoms with Crippen LogP contribution in [0.3, 0.4) is 0 Å². The first-order valence-corrected chi connectivity index (χ1v) is 5.89. The molecule has 0 radical (unpaired) electrons. The van der Waals surface area contributed by atoms with E-state index in [1.54, 1.807) is 24.1 Å². The summed E-state index contributed by atoms with van der Waals surface area (Å²) in [6, 6.07) is 7.15. The van der Waals surface area contributed by atoms with Crippen molar-refractivity contribution in [3.8, 4) is 0 Å². The quantitative estimate of drug-likeness (QED) is 0.789. The summed E-state index contributed by atoms with van der Waals surface area (Å²) >= 11 is 0. The second kappa shape index (κ2) is 5.30. The Labute approximate surface area is 110 Å². The molecule has 100 valence electrons. The van der Waals surface area contributed by atoms with E-state index in [2.05, 4.69) is 16.5 Å². The minimum atomic E-state index is -2.68. The van der Waals surface area contributed by atoms with Crippen molar-refractivity contribution in [1.29, 1.82) is 0 Å². The maximum Gasteiger partial charge on any atom is 0.297 e. The zero-order chi connectivity index (χ0) is 14.0. The van der Waals surface area contributed by atoms with Crippen LogP contribution in [-0.4, -0.2) is 23.6 Å². The standard InChI is InChI=1S/C14H15F2N3/c1-9(2)8-19(3)14-10-6-4-5-7-11(10)17-13(18-14)12(15)16/h4-7,12H,1,8H2,2-3H3. The van der Waals surface area contributed by atoms with Crippen LogP contribution in [0.15, 0.2) is 36.4 Å². The summed E-state index contributed by atoms with van der Waals surface area (Å²) in [7, 11) is 1.80. The highest BCUT2D eigenvalue weighted by Gasteiger charge is 2.16. The maximum absolute atomic E-state index is 12.8. The molecule has 0 saturated heterocycles. The average molecular weight is 263 g/mol. The molecule has 0 saturated carbocycles. The zero-order valence-electron chi connectivity index (χ0n) is 10.9. The molecule has 0 aliphatic rings. The van der Waals surface area contributed by atoms with Crippen molar-refractivity contribution in [1.82, 2.24) is 9.97 Å². The number of rotatable bonds is 4. The Hall–Kier alpha value is -2.04. The third-order valence-electron chi connectivity index (χ3n) is 2.66. The van der Waals surface area contributed by atoms with Gasteiger partial charge in [0.05, 0.1) is 5.52 Å². The molecular weight excluding hydrogens is 248 g/mol. The van der Waals surface area contributed by atoms with E-state index in [0.717, 1.165) is 11.0 Å². The lowest BCUT2D eigenvalue weighted by molar-refractivity contribution is 0.141. The highest BCUT2D eigenvalue weighted by Crippen LogP contribution is 2.26. The topological polar surface area (TPSA) is 29.0 Å². The van der Waals surface area contributed by atoms with Gasteiger partial charge in [-0.05, 0) is 19.1 Å². The molecule has 5 heteroatoms. The number of anilines is 1. The van der Waals surface area contributed by atoms with Crippen LogP contribution in [0, 0.1) is 0 Å². The summed E-state index contributed by atoms with van der Waals surface area (Å²) in [5, 5.41) is 0.760. The summed E-state index contributed by atoms with van der Waals surface area (Å²) in [5.74, 6) is 0.0613. The summed E-state index contributed by atoms with van der Waals surface area (Å²) < 4.78 is 25.7. The molecule has 2 rings (SSSR count). The summed E-state index contributed by atoms with van der Waals surface area (Å²) in [6.45, 7) is 6.27. The first-order chi connectivity index (χ1) is 8.99. The van der Waals surface area contributed by atoms with Gasteiger partial charge < -0.3 is 4.90 Å². The van der Waals surface area contributed by atoms with Crippen molar-refractivity contribution in [3.63, 3.8) is 0 Å². The van der Waals surface area contributed by atoms with Crippen LogP contribution in [0.25, 0.3) is 10.9 Å². The van der Waals surface area contributed by atoms with Crippen LogP contribution < -0.4 is 4.90 Å². The van der Waals surface area contributed by atoms with E-state index < -0.39 is 12.2 Å². The second-order valence-corrected chi connectivity index (χ2v) is 4.54. The van der Waals surface area contributed by atoms with Crippen molar-refractivity contribution in [2.24, 2.45) is 0 Å². The van der Waals surface area contributed by atoms with Gasteiger partial charge in [0, 0.05) is 19.0 Å². The summed E-state index contributed by atoms with van der Waals surface area (Å²) in [5.41, 5.74) is 1.46. The van der Waals surface area contributed by atoms with Gasteiger partial charge >= 0.3 is 0 Å². The molecule has 1 aromatic carbocycles. The maximum atomic E-state index is 12.8. The molecule has 0 atom stereocenters. The number of aromatic nitrogens is 2. The largest absolute Gasteiger partial charge is 0.355 e. The van der Waals surface area contributed by atoms with E-state index in [1.165, 1.54) is 0 Å². The van der Waals surface area contributed by atoms with E-state index in [0.29, 0.717) is 17.9 Å². The van der Waals surface area contributed by atoms with Crippen LogP contribution in [-0.2, 0) is 0 Å². The molecule has 0 bridgehead atoms. The van der Waals surface area contributed by atoms with E-state index >= 15 is 0 Å². The molecule has 0 aliphatic heterocycles. The summed E-state index contributed by atoms with van der Waals surface area (Å²) in [4.78, 5) is 9.67. The predicted octanol–water partition coefficient (Wildman–Crippen LogP) is 3.58. The van der Waals surface area contributed by atoms with E-state index in [9.17, 15) is 8.78 Å². The molecule has 1 heterocycles. The molecule has 1 aromatic heterocycles. The van der Waals surface area contributed by atoms with Gasteiger partial charge in [-0.1, -0.05) is 24.3 Å². The van der Waals surface area contributed by atoms with Gasteiger partial charge in [-0.3, -0.25) is 0 Å². The van der Waals surface area contributed by atoms with E-state index in [1.807, 2.05) is 19.1 Å². The normalized spacial score (nSPS) is 11.0. The fourth-order valence-corrected chi connectivity index (χ4v) is 1.95. The van der Waals surface area contributed by atoms with Crippen LogP contribution in [0.1, 0.15) is 19.2 Å². The van der Waals surface area contributed by atoms with Crippen LogP contribution in [0.4, 0.5) is 14.6 Å². The van der Waals surface area contributed by atoms with Crippen LogP contribution >= 0.6 is 0 Å². The number of alkyl halides is 2. The Bertz CT molecular complexity index is 611. The second-order valence-electron chi connectivity index (χ2n) is 4.54. The van der Waals surface area contributed by atoms with E-state index in [4.69, 9.17) is 0 Å².